The van der Waals surface area contributed by atoms with E-state index in [1.54, 1.807) is 6.20 Å². The number of aryl methyl sites for hydroxylation is 3. The SMILES string of the molecule is Cc1ccc(-c2c(N)n[nH]c2-c2cccnc2C)cc1C. The van der Waals surface area contributed by atoms with Crippen LogP contribution < -0.4 is 5.73 Å². The summed E-state index contributed by atoms with van der Waals surface area (Å²) in [6, 6.07) is 10.3. The van der Waals surface area contributed by atoms with E-state index in [4.69, 9.17) is 5.73 Å². The summed E-state index contributed by atoms with van der Waals surface area (Å²) in [4.78, 5) is 4.34. The van der Waals surface area contributed by atoms with Gasteiger partial charge in [-0.25, -0.2) is 0 Å². The number of pyridine rings is 1. The van der Waals surface area contributed by atoms with Gasteiger partial charge in [-0.15, -0.1) is 0 Å². The molecule has 0 atom stereocenters. The van der Waals surface area contributed by atoms with E-state index in [0.717, 1.165) is 28.1 Å². The molecule has 3 N–H and O–H groups in total. The van der Waals surface area contributed by atoms with Gasteiger partial charge in [-0.3, -0.25) is 10.1 Å². The van der Waals surface area contributed by atoms with Gasteiger partial charge in [-0.05, 0) is 49.6 Å². The zero-order valence-corrected chi connectivity index (χ0v) is 12.4. The van der Waals surface area contributed by atoms with Crippen molar-refractivity contribution in [1.82, 2.24) is 15.2 Å². The standard InChI is InChI=1S/C17H18N4/c1-10-6-7-13(9-11(10)2)15-16(20-21-17(15)18)14-5-4-8-19-12(14)3/h4-9H,1-3H3,(H3,18,20,21). The highest BCUT2D eigenvalue weighted by atomic mass is 15.2. The minimum atomic E-state index is 0.511. The van der Waals surface area contributed by atoms with Crippen LogP contribution in [0.5, 0.6) is 0 Å². The molecule has 0 amide bonds. The largest absolute Gasteiger partial charge is 0.382 e. The van der Waals surface area contributed by atoms with E-state index in [1.165, 1.54) is 11.1 Å². The first-order valence-corrected chi connectivity index (χ1v) is 6.91. The van der Waals surface area contributed by atoms with Crippen LogP contribution in [-0.4, -0.2) is 15.2 Å². The Morgan fingerprint density at radius 2 is 1.86 bits per heavy atom. The van der Waals surface area contributed by atoms with Crippen LogP contribution in [0.2, 0.25) is 0 Å². The van der Waals surface area contributed by atoms with Crippen LogP contribution in [0.4, 0.5) is 5.82 Å². The first-order valence-electron chi connectivity index (χ1n) is 6.91. The fourth-order valence-corrected chi connectivity index (χ4v) is 2.49. The van der Waals surface area contributed by atoms with Crippen LogP contribution in [0.15, 0.2) is 36.5 Å². The number of nitrogens with two attached hydrogens (primary N) is 1. The number of aromatic amines is 1. The van der Waals surface area contributed by atoms with Gasteiger partial charge in [0.2, 0.25) is 0 Å². The Balaban J connectivity index is 2.22. The van der Waals surface area contributed by atoms with Crippen LogP contribution >= 0.6 is 0 Å². The number of rotatable bonds is 2. The second kappa shape index (κ2) is 5.05. The third-order valence-electron chi connectivity index (χ3n) is 3.87. The number of benzene rings is 1. The lowest BCUT2D eigenvalue weighted by molar-refractivity contribution is 1.09. The van der Waals surface area contributed by atoms with E-state index in [0.29, 0.717) is 5.82 Å². The lowest BCUT2D eigenvalue weighted by Crippen LogP contribution is -1.92. The highest BCUT2D eigenvalue weighted by Gasteiger charge is 2.16. The Morgan fingerprint density at radius 1 is 1.05 bits per heavy atom. The maximum Gasteiger partial charge on any atom is 0.153 e. The molecule has 2 heterocycles. The molecule has 0 saturated heterocycles. The minimum Gasteiger partial charge on any atom is -0.382 e. The molecule has 4 heteroatoms. The van der Waals surface area contributed by atoms with Gasteiger partial charge in [0.05, 0.1) is 11.3 Å². The average molecular weight is 278 g/mol. The van der Waals surface area contributed by atoms with E-state index in [2.05, 4.69) is 47.2 Å². The normalized spacial score (nSPS) is 10.8. The second-order valence-electron chi connectivity index (χ2n) is 5.29. The summed E-state index contributed by atoms with van der Waals surface area (Å²) in [5, 5.41) is 7.24. The molecule has 21 heavy (non-hydrogen) atoms. The first kappa shape index (κ1) is 13.4. The molecule has 0 saturated carbocycles. The maximum absolute atomic E-state index is 6.09. The van der Waals surface area contributed by atoms with Crippen LogP contribution in [0.1, 0.15) is 16.8 Å². The Hall–Kier alpha value is -2.62. The molecular formula is C17H18N4. The molecule has 106 valence electrons. The van der Waals surface area contributed by atoms with E-state index >= 15 is 0 Å². The number of hydrogen-bond acceptors (Lipinski definition) is 3. The Kier molecular flexibility index (Phi) is 3.22. The van der Waals surface area contributed by atoms with Gasteiger partial charge in [-0.1, -0.05) is 18.2 Å². The summed E-state index contributed by atoms with van der Waals surface area (Å²) in [5.74, 6) is 0.511. The zero-order chi connectivity index (χ0) is 15.0. The summed E-state index contributed by atoms with van der Waals surface area (Å²) in [5.41, 5.74) is 13.5. The van der Waals surface area contributed by atoms with Crippen molar-refractivity contribution in [1.29, 1.82) is 0 Å². The second-order valence-corrected chi connectivity index (χ2v) is 5.29. The molecule has 0 radical (unpaired) electrons. The third-order valence-corrected chi connectivity index (χ3v) is 3.87. The topological polar surface area (TPSA) is 67.6 Å². The predicted octanol–water partition coefficient (Wildman–Crippen LogP) is 3.65. The predicted molar refractivity (Wildman–Crippen MR) is 85.9 cm³/mol. The van der Waals surface area contributed by atoms with E-state index in [1.807, 2.05) is 19.1 Å². The van der Waals surface area contributed by atoms with Crippen molar-refractivity contribution in [3.05, 3.63) is 53.3 Å². The van der Waals surface area contributed by atoms with Crippen molar-refractivity contribution in [2.24, 2.45) is 0 Å². The van der Waals surface area contributed by atoms with Crippen LogP contribution in [0.3, 0.4) is 0 Å². The van der Waals surface area contributed by atoms with Crippen molar-refractivity contribution in [2.75, 3.05) is 5.73 Å². The van der Waals surface area contributed by atoms with Gasteiger partial charge < -0.3 is 5.73 Å². The van der Waals surface area contributed by atoms with Crippen LogP contribution in [0, 0.1) is 20.8 Å². The maximum atomic E-state index is 6.09. The molecule has 0 bridgehead atoms. The number of aromatic nitrogens is 3. The average Bonchev–Trinajstić information content (AvgIpc) is 2.84. The fraction of sp³-hybridized carbons (Fsp3) is 0.176. The van der Waals surface area contributed by atoms with Gasteiger partial charge in [0, 0.05) is 17.5 Å². The van der Waals surface area contributed by atoms with E-state index < -0.39 is 0 Å². The van der Waals surface area contributed by atoms with Crippen LogP contribution in [0.25, 0.3) is 22.4 Å². The highest BCUT2D eigenvalue weighted by Crippen LogP contribution is 2.36. The molecular weight excluding hydrogens is 260 g/mol. The molecule has 0 aliphatic heterocycles. The first-order chi connectivity index (χ1) is 10.1. The smallest absolute Gasteiger partial charge is 0.153 e. The minimum absolute atomic E-state index is 0.511. The summed E-state index contributed by atoms with van der Waals surface area (Å²) in [7, 11) is 0. The molecule has 3 rings (SSSR count). The van der Waals surface area contributed by atoms with Gasteiger partial charge >= 0.3 is 0 Å². The zero-order valence-electron chi connectivity index (χ0n) is 12.4. The lowest BCUT2D eigenvalue weighted by Gasteiger charge is -2.09. The molecule has 2 aromatic heterocycles. The van der Waals surface area contributed by atoms with Gasteiger partial charge in [-0.2, -0.15) is 5.10 Å². The molecule has 0 spiro atoms. The number of hydrogen-bond donors (Lipinski definition) is 2. The number of anilines is 1. The van der Waals surface area contributed by atoms with Crippen molar-refractivity contribution >= 4 is 5.82 Å². The molecule has 0 aliphatic carbocycles. The van der Waals surface area contributed by atoms with Crippen LogP contribution in [-0.2, 0) is 0 Å². The monoisotopic (exact) mass is 278 g/mol. The lowest BCUT2D eigenvalue weighted by atomic mass is 9.97. The van der Waals surface area contributed by atoms with Crippen molar-refractivity contribution < 1.29 is 0 Å². The summed E-state index contributed by atoms with van der Waals surface area (Å²) in [6.07, 6.45) is 1.79. The number of nitrogen functional groups attached to an aromatic ring is 1. The summed E-state index contributed by atoms with van der Waals surface area (Å²) >= 11 is 0. The highest BCUT2D eigenvalue weighted by molar-refractivity contribution is 5.88. The van der Waals surface area contributed by atoms with Crippen molar-refractivity contribution in [3.8, 4) is 22.4 Å². The Morgan fingerprint density at radius 3 is 2.57 bits per heavy atom. The molecule has 0 aliphatic rings. The molecule has 0 fully saturated rings. The summed E-state index contributed by atoms with van der Waals surface area (Å²) < 4.78 is 0. The number of nitrogens with one attached hydrogen (secondary N) is 1. The van der Waals surface area contributed by atoms with E-state index in [-0.39, 0.29) is 0 Å². The van der Waals surface area contributed by atoms with Gasteiger partial charge in [0.25, 0.3) is 0 Å². The molecule has 4 nitrogen and oxygen atoms in total. The quantitative estimate of drug-likeness (QED) is 0.752. The van der Waals surface area contributed by atoms with Crippen molar-refractivity contribution in [2.45, 2.75) is 20.8 Å². The summed E-state index contributed by atoms with van der Waals surface area (Å²) in [6.45, 7) is 6.19. The third kappa shape index (κ3) is 2.29. The molecule has 0 unspecified atom stereocenters. The fourth-order valence-electron chi connectivity index (χ4n) is 2.49. The van der Waals surface area contributed by atoms with Gasteiger partial charge in [0.15, 0.2) is 5.82 Å². The number of H-pyrrole nitrogens is 1. The van der Waals surface area contributed by atoms with Gasteiger partial charge in [0.1, 0.15) is 0 Å². The molecule has 3 aromatic rings. The van der Waals surface area contributed by atoms with E-state index in [9.17, 15) is 0 Å². The number of nitrogens with zero attached hydrogens (tertiary/aromatic N) is 2. The Labute approximate surface area is 124 Å². The molecule has 1 aromatic carbocycles. The Bertz CT molecular complexity index is 802. The van der Waals surface area contributed by atoms with Crippen molar-refractivity contribution in [3.63, 3.8) is 0 Å².